The van der Waals surface area contributed by atoms with E-state index in [9.17, 15) is 0 Å². The molecule has 0 atom stereocenters. The molecule has 0 saturated heterocycles. The molecule has 272 valence electrons. The fourth-order valence-electron chi connectivity index (χ4n) is 6.27. The van der Waals surface area contributed by atoms with Gasteiger partial charge in [-0.1, -0.05) is 172 Å². The summed E-state index contributed by atoms with van der Waals surface area (Å²) in [6.07, 6.45) is 25.7. The Balaban J connectivity index is 0.000000174. The standard InChI is InChI=1S/C28H20N2.C24H24N2/c1-3-13-27-21(7-1)9-5-11-23(27)15-17-25-19-30-26(20-29-25)18-16-24-12-6-10-22-8-2-4-14-28(22)24;1-3-19-5-9-21(10-6-19)13-15-23-17-26-24(18-25-23)16-14-22-11-7-20(4-2)8-12-22/h1-20H;5-18H,3-4H2,1-2H3. The lowest BCUT2D eigenvalue weighted by molar-refractivity contribution is 1.14. The Morgan fingerprint density at radius 1 is 0.339 bits per heavy atom. The van der Waals surface area contributed by atoms with Crippen molar-refractivity contribution in [3.63, 3.8) is 0 Å². The van der Waals surface area contributed by atoms with E-state index >= 15 is 0 Å². The van der Waals surface area contributed by atoms with Gasteiger partial charge in [0.1, 0.15) is 0 Å². The molecule has 6 aromatic carbocycles. The van der Waals surface area contributed by atoms with E-state index in [0.717, 1.165) is 35.6 Å². The van der Waals surface area contributed by atoms with Gasteiger partial charge >= 0.3 is 0 Å². The minimum atomic E-state index is 0.838. The summed E-state index contributed by atoms with van der Waals surface area (Å²) in [5, 5.41) is 4.94. The Bertz CT molecular complexity index is 2420. The van der Waals surface area contributed by atoms with Gasteiger partial charge in [0.25, 0.3) is 0 Å². The summed E-state index contributed by atoms with van der Waals surface area (Å²) >= 11 is 0. The van der Waals surface area contributed by atoms with Crippen LogP contribution in [0.3, 0.4) is 0 Å². The van der Waals surface area contributed by atoms with Crippen molar-refractivity contribution in [3.05, 3.63) is 214 Å². The number of fused-ring (bicyclic) bond motifs is 2. The van der Waals surface area contributed by atoms with Crippen molar-refractivity contribution in [1.82, 2.24) is 19.9 Å². The monoisotopic (exact) mass is 724 g/mol. The molecule has 0 bridgehead atoms. The van der Waals surface area contributed by atoms with Gasteiger partial charge < -0.3 is 0 Å². The second-order valence-corrected chi connectivity index (χ2v) is 13.4. The molecule has 8 rings (SSSR count). The van der Waals surface area contributed by atoms with Crippen LogP contribution in [0.5, 0.6) is 0 Å². The molecular formula is C52H44N4. The largest absolute Gasteiger partial charge is 0.253 e. The van der Waals surface area contributed by atoms with E-state index in [0.29, 0.717) is 0 Å². The highest BCUT2D eigenvalue weighted by Gasteiger charge is 2.00. The molecule has 4 nitrogen and oxygen atoms in total. The van der Waals surface area contributed by atoms with Crippen LogP contribution in [0.25, 0.3) is 70.2 Å². The molecule has 0 saturated carbocycles. The maximum Gasteiger partial charge on any atom is 0.0813 e. The maximum atomic E-state index is 4.55. The highest BCUT2D eigenvalue weighted by atomic mass is 14.8. The third kappa shape index (κ3) is 10.1. The number of nitrogens with zero attached hydrogens (tertiary/aromatic N) is 4. The van der Waals surface area contributed by atoms with Crippen LogP contribution in [0.15, 0.2) is 158 Å². The summed E-state index contributed by atoms with van der Waals surface area (Å²) in [5.41, 5.74) is 10.8. The zero-order valence-corrected chi connectivity index (χ0v) is 31.8. The summed E-state index contributed by atoms with van der Waals surface area (Å²) in [5.74, 6) is 0. The normalized spacial score (nSPS) is 11.6. The second-order valence-electron chi connectivity index (χ2n) is 13.4. The van der Waals surface area contributed by atoms with E-state index in [1.165, 1.54) is 54.9 Å². The van der Waals surface area contributed by atoms with Crippen LogP contribution in [0.1, 0.15) is 70.0 Å². The fraction of sp³-hybridized carbons (Fsp3) is 0.0769. The highest BCUT2D eigenvalue weighted by molar-refractivity contribution is 5.93. The Labute approximate surface area is 330 Å². The van der Waals surface area contributed by atoms with Gasteiger partial charge in [-0.05, 0) is 92.1 Å². The van der Waals surface area contributed by atoms with Gasteiger partial charge in [-0.15, -0.1) is 0 Å². The zero-order valence-electron chi connectivity index (χ0n) is 31.8. The first kappa shape index (κ1) is 37.3. The first-order chi connectivity index (χ1) is 27.6. The number of aromatic nitrogens is 4. The van der Waals surface area contributed by atoms with E-state index in [-0.39, 0.29) is 0 Å². The number of benzene rings is 6. The van der Waals surface area contributed by atoms with Crippen molar-refractivity contribution in [2.24, 2.45) is 0 Å². The van der Waals surface area contributed by atoms with Crippen LogP contribution >= 0.6 is 0 Å². The van der Waals surface area contributed by atoms with Crippen LogP contribution in [0.4, 0.5) is 0 Å². The first-order valence-electron chi connectivity index (χ1n) is 19.1. The topological polar surface area (TPSA) is 51.6 Å². The average molecular weight is 725 g/mol. The Morgan fingerprint density at radius 3 is 1.04 bits per heavy atom. The summed E-state index contributed by atoms with van der Waals surface area (Å²) < 4.78 is 0. The van der Waals surface area contributed by atoms with E-state index < -0.39 is 0 Å². The molecule has 0 fully saturated rings. The lowest BCUT2D eigenvalue weighted by Crippen LogP contribution is -1.87. The lowest BCUT2D eigenvalue weighted by atomic mass is 10.0. The molecule has 0 spiro atoms. The molecule has 4 heteroatoms. The van der Waals surface area contributed by atoms with Crippen LogP contribution in [-0.2, 0) is 12.8 Å². The summed E-state index contributed by atoms with van der Waals surface area (Å²) in [4.78, 5) is 18.0. The van der Waals surface area contributed by atoms with E-state index in [2.05, 4.69) is 192 Å². The number of hydrogen-bond donors (Lipinski definition) is 0. The van der Waals surface area contributed by atoms with Gasteiger partial charge in [0.2, 0.25) is 0 Å². The number of hydrogen-bond acceptors (Lipinski definition) is 4. The average Bonchev–Trinajstić information content (AvgIpc) is 3.27. The van der Waals surface area contributed by atoms with E-state index in [1.54, 1.807) is 12.4 Å². The molecule has 0 aliphatic rings. The molecule has 0 N–H and O–H groups in total. The van der Waals surface area contributed by atoms with Crippen molar-refractivity contribution in [2.75, 3.05) is 0 Å². The predicted molar refractivity (Wildman–Crippen MR) is 239 cm³/mol. The van der Waals surface area contributed by atoms with Gasteiger partial charge in [0.15, 0.2) is 0 Å². The summed E-state index contributed by atoms with van der Waals surface area (Å²) in [6.45, 7) is 4.33. The first-order valence-corrected chi connectivity index (χ1v) is 19.1. The van der Waals surface area contributed by atoms with Gasteiger partial charge in [0.05, 0.1) is 47.6 Å². The van der Waals surface area contributed by atoms with Gasteiger partial charge in [-0.3, -0.25) is 19.9 Å². The van der Waals surface area contributed by atoms with Crippen LogP contribution in [0, 0.1) is 0 Å². The van der Waals surface area contributed by atoms with Crippen LogP contribution in [-0.4, -0.2) is 19.9 Å². The molecule has 0 aliphatic heterocycles. The molecule has 0 unspecified atom stereocenters. The fourth-order valence-corrected chi connectivity index (χ4v) is 6.27. The van der Waals surface area contributed by atoms with Gasteiger partial charge in [0, 0.05) is 0 Å². The smallest absolute Gasteiger partial charge is 0.0813 e. The summed E-state index contributed by atoms with van der Waals surface area (Å²) in [7, 11) is 0. The highest BCUT2D eigenvalue weighted by Crippen LogP contribution is 2.22. The van der Waals surface area contributed by atoms with Crippen molar-refractivity contribution < 1.29 is 0 Å². The van der Waals surface area contributed by atoms with Gasteiger partial charge in [-0.25, -0.2) is 0 Å². The number of rotatable bonds is 10. The van der Waals surface area contributed by atoms with Crippen molar-refractivity contribution in [3.8, 4) is 0 Å². The zero-order chi connectivity index (χ0) is 38.4. The van der Waals surface area contributed by atoms with E-state index in [1.807, 2.05) is 36.7 Å². The Morgan fingerprint density at radius 2 is 0.679 bits per heavy atom. The van der Waals surface area contributed by atoms with Crippen LogP contribution < -0.4 is 0 Å². The molecule has 0 radical (unpaired) electrons. The van der Waals surface area contributed by atoms with E-state index in [4.69, 9.17) is 0 Å². The molecular weight excluding hydrogens is 681 g/mol. The SMILES string of the molecule is C(=Cc1cccc2ccccc12)c1cnc(C=Cc2cccc3ccccc23)cn1.CCc1ccc(C=Cc2cnc(C=Cc3ccc(CC)cc3)cn2)cc1. The third-order valence-electron chi connectivity index (χ3n) is 9.57. The second kappa shape index (κ2) is 18.8. The predicted octanol–water partition coefficient (Wildman–Crippen LogP) is 13.1. The number of aryl methyl sites for hydroxylation is 2. The van der Waals surface area contributed by atoms with Gasteiger partial charge in [-0.2, -0.15) is 0 Å². The van der Waals surface area contributed by atoms with Crippen molar-refractivity contribution >= 4 is 70.2 Å². The molecule has 0 amide bonds. The third-order valence-corrected chi connectivity index (χ3v) is 9.57. The molecule has 8 aromatic rings. The van der Waals surface area contributed by atoms with Crippen LogP contribution in [0.2, 0.25) is 0 Å². The molecule has 2 heterocycles. The Kier molecular flexibility index (Phi) is 12.5. The molecule has 0 aliphatic carbocycles. The maximum absolute atomic E-state index is 4.55. The summed E-state index contributed by atoms with van der Waals surface area (Å²) in [6, 6.07) is 46.6. The van der Waals surface area contributed by atoms with Crippen molar-refractivity contribution in [2.45, 2.75) is 26.7 Å². The minimum absolute atomic E-state index is 0.838. The lowest BCUT2D eigenvalue weighted by Gasteiger charge is -2.02. The minimum Gasteiger partial charge on any atom is -0.253 e. The molecule has 2 aromatic heterocycles. The molecule has 56 heavy (non-hydrogen) atoms. The quantitative estimate of drug-likeness (QED) is 0.141. The Hall–Kier alpha value is -7.04. The van der Waals surface area contributed by atoms with Crippen molar-refractivity contribution in [1.29, 1.82) is 0 Å².